The minimum Gasteiger partial charge on any atom is -0.326 e. The summed E-state index contributed by atoms with van der Waals surface area (Å²) in [5.74, 6) is -2.52. The number of amides is 1. The molecule has 0 spiro atoms. The lowest BCUT2D eigenvalue weighted by Crippen LogP contribution is -2.17. The van der Waals surface area contributed by atoms with Gasteiger partial charge >= 0.3 is 6.18 Å². The van der Waals surface area contributed by atoms with Crippen LogP contribution in [0.1, 0.15) is 38.5 Å². The maximum Gasteiger partial charge on any atom is 0.416 e. The van der Waals surface area contributed by atoms with Crippen molar-refractivity contribution >= 4 is 75.4 Å². The molecule has 2 unspecified atom stereocenters. The molecule has 1 amide bonds. The number of nitrogens with one attached hydrogen (secondary N) is 1. The van der Waals surface area contributed by atoms with Gasteiger partial charge in [0.1, 0.15) is 4.33 Å². The summed E-state index contributed by atoms with van der Waals surface area (Å²) in [6.45, 7) is 0. The van der Waals surface area contributed by atoms with E-state index in [-0.39, 0.29) is 33.8 Å². The van der Waals surface area contributed by atoms with Gasteiger partial charge in [0.15, 0.2) is 5.78 Å². The molecule has 1 fully saturated rings. The lowest BCUT2D eigenvalue weighted by molar-refractivity contribution is -0.137. The van der Waals surface area contributed by atoms with Crippen molar-refractivity contribution in [3.8, 4) is 6.07 Å². The third-order valence-electron chi connectivity index (χ3n) is 6.02. The van der Waals surface area contributed by atoms with Crippen molar-refractivity contribution in [1.82, 2.24) is 0 Å². The predicted octanol–water partition coefficient (Wildman–Crippen LogP) is 8.49. The second-order valence-electron chi connectivity index (χ2n) is 8.60. The van der Waals surface area contributed by atoms with Gasteiger partial charge < -0.3 is 5.32 Å². The van der Waals surface area contributed by atoms with Crippen LogP contribution in [0, 0.1) is 17.2 Å². The van der Waals surface area contributed by atoms with Crippen LogP contribution in [0.4, 0.5) is 18.9 Å². The van der Waals surface area contributed by atoms with Gasteiger partial charge in [-0.25, -0.2) is 0 Å². The molecule has 0 bridgehead atoms. The summed E-state index contributed by atoms with van der Waals surface area (Å²) in [6, 6.07) is 13.2. The molecule has 2 atom stereocenters. The van der Waals surface area contributed by atoms with Crippen LogP contribution in [0.5, 0.6) is 0 Å². The smallest absolute Gasteiger partial charge is 0.326 e. The zero-order valence-corrected chi connectivity index (χ0v) is 22.6. The van der Waals surface area contributed by atoms with Gasteiger partial charge in [-0.1, -0.05) is 40.9 Å². The highest BCUT2D eigenvalue weighted by atomic mass is 35.5. The summed E-state index contributed by atoms with van der Waals surface area (Å²) < 4.78 is 37.5. The van der Waals surface area contributed by atoms with E-state index in [0.29, 0.717) is 21.7 Å². The lowest BCUT2D eigenvalue weighted by Gasteiger charge is -2.11. The fourth-order valence-corrected chi connectivity index (χ4v) is 5.73. The topological polar surface area (TPSA) is 70.0 Å². The summed E-state index contributed by atoms with van der Waals surface area (Å²) in [7, 11) is 0. The van der Waals surface area contributed by atoms with Gasteiger partial charge in [0.2, 0.25) is 5.91 Å². The molecule has 1 aliphatic carbocycles. The Hall–Kier alpha value is -2.47. The molecule has 1 saturated carbocycles. The van der Waals surface area contributed by atoms with Crippen LogP contribution in [0.2, 0.25) is 15.1 Å². The molecule has 0 aromatic heterocycles. The van der Waals surface area contributed by atoms with Crippen LogP contribution in [0.3, 0.4) is 0 Å². The summed E-state index contributed by atoms with van der Waals surface area (Å²) in [4.78, 5) is 26.0. The summed E-state index contributed by atoms with van der Waals surface area (Å²) in [5.41, 5.74) is -0.369. The molecular formula is C26H14Cl5F3N2O2. The molecule has 38 heavy (non-hydrogen) atoms. The molecule has 0 radical (unpaired) electrons. The Morgan fingerprint density at radius 2 is 1.63 bits per heavy atom. The number of rotatable bonds is 6. The van der Waals surface area contributed by atoms with E-state index in [0.717, 1.165) is 12.1 Å². The van der Waals surface area contributed by atoms with Crippen molar-refractivity contribution in [3.05, 3.63) is 97.5 Å². The van der Waals surface area contributed by atoms with Gasteiger partial charge in [-0.2, -0.15) is 18.4 Å². The average molecular weight is 621 g/mol. The monoisotopic (exact) mass is 618 g/mol. The van der Waals surface area contributed by atoms with Crippen molar-refractivity contribution in [1.29, 1.82) is 5.26 Å². The zero-order chi connectivity index (χ0) is 28.0. The van der Waals surface area contributed by atoms with E-state index in [2.05, 4.69) is 5.32 Å². The Balaban J connectivity index is 1.53. The van der Waals surface area contributed by atoms with Gasteiger partial charge in [-0.3, -0.25) is 9.59 Å². The average Bonchev–Trinajstić information content (AvgIpc) is 3.41. The lowest BCUT2D eigenvalue weighted by atomic mass is 9.97. The van der Waals surface area contributed by atoms with Gasteiger partial charge in [-0.05, 0) is 59.7 Å². The van der Waals surface area contributed by atoms with Crippen LogP contribution in [-0.2, 0) is 17.4 Å². The number of hydrogen-bond acceptors (Lipinski definition) is 3. The second kappa shape index (κ2) is 10.6. The molecule has 4 nitrogen and oxygen atoms in total. The summed E-state index contributed by atoms with van der Waals surface area (Å²) in [6.07, 6.45) is -5.02. The van der Waals surface area contributed by atoms with E-state index in [1.54, 1.807) is 18.2 Å². The van der Waals surface area contributed by atoms with E-state index in [1.165, 1.54) is 24.3 Å². The number of nitriles is 1. The third-order valence-corrected chi connectivity index (χ3v) is 7.73. The Labute approximate surface area is 240 Å². The maximum atomic E-state index is 13.0. The number of carbonyl (C=O) groups is 2. The molecule has 0 saturated heterocycles. The number of halogens is 8. The van der Waals surface area contributed by atoms with Crippen molar-refractivity contribution in [2.75, 3.05) is 5.32 Å². The van der Waals surface area contributed by atoms with E-state index in [4.69, 9.17) is 58.0 Å². The minimum atomic E-state index is -4.63. The van der Waals surface area contributed by atoms with Crippen LogP contribution >= 0.6 is 58.0 Å². The van der Waals surface area contributed by atoms with E-state index in [1.807, 2.05) is 0 Å². The molecule has 1 aliphatic rings. The van der Waals surface area contributed by atoms with Crippen molar-refractivity contribution in [3.63, 3.8) is 0 Å². The fraction of sp³-hybridized carbons (Fsp3) is 0.192. The van der Waals surface area contributed by atoms with Gasteiger partial charge in [-0.15, -0.1) is 23.2 Å². The number of ketones is 1. The summed E-state index contributed by atoms with van der Waals surface area (Å²) in [5, 5.41) is 12.7. The Morgan fingerprint density at radius 1 is 0.974 bits per heavy atom. The Morgan fingerprint density at radius 3 is 2.24 bits per heavy atom. The van der Waals surface area contributed by atoms with Crippen molar-refractivity contribution < 1.29 is 22.8 Å². The van der Waals surface area contributed by atoms with E-state index >= 15 is 0 Å². The highest BCUT2D eigenvalue weighted by molar-refractivity contribution is 6.53. The summed E-state index contributed by atoms with van der Waals surface area (Å²) >= 11 is 31.1. The molecule has 3 aromatic carbocycles. The fourth-order valence-electron chi connectivity index (χ4n) is 4.14. The van der Waals surface area contributed by atoms with Crippen molar-refractivity contribution in [2.24, 2.45) is 5.92 Å². The van der Waals surface area contributed by atoms with Crippen LogP contribution < -0.4 is 5.32 Å². The Kier molecular flexibility index (Phi) is 7.96. The second-order valence-corrected chi connectivity index (χ2v) is 11.3. The number of anilines is 1. The third kappa shape index (κ3) is 5.90. The largest absolute Gasteiger partial charge is 0.416 e. The van der Waals surface area contributed by atoms with Crippen molar-refractivity contribution in [2.45, 2.75) is 22.8 Å². The number of hydrogen-bond donors (Lipinski definition) is 1. The molecule has 196 valence electrons. The van der Waals surface area contributed by atoms with Gasteiger partial charge in [0.05, 0.1) is 28.1 Å². The standard InChI is InChI=1S/C26H14Cl5F3N2O2/c27-16-6-13(7-17(28)9-16)22-23(25(22,30)31)24(38)36-18-3-4-20(29)19(10-18)21(37)8-12-1-2-15(26(32,33)34)5-14(12)11-35/h1-7,9-10,22-23H,8H2,(H,36,38). The number of benzene rings is 3. The van der Waals surface area contributed by atoms with Crippen LogP contribution in [-0.4, -0.2) is 16.0 Å². The maximum absolute atomic E-state index is 13.0. The number of alkyl halides is 5. The molecule has 3 aromatic rings. The van der Waals surface area contributed by atoms with Gasteiger partial charge in [0, 0.05) is 33.6 Å². The van der Waals surface area contributed by atoms with Gasteiger partial charge in [0.25, 0.3) is 0 Å². The van der Waals surface area contributed by atoms with Crippen LogP contribution in [0.25, 0.3) is 0 Å². The first-order valence-corrected chi connectivity index (χ1v) is 12.7. The zero-order valence-electron chi connectivity index (χ0n) is 18.8. The first-order valence-electron chi connectivity index (χ1n) is 10.8. The number of carbonyl (C=O) groups excluding carboxylic acids is 2. The van der Waals surface area contributed by atoms with E-state index < -0.39 is 39.6 Å². The minimum absolute atomic E-state index is 0.00485. The quantitative estimate of drug-likeness (QED) is 0.222. The van der Waals surface area contributed by atoms with Crippen LogP contribution in [0.15, 0.2) is 54.6 Å². The first kappa shape index (κ1) is 28.5. The highest BCUT2D eigenvalue weighted by Crippen LogP contribution is 2.65. The predicted molar refractivity (Wildman–Crippen MR) is 141 cm³/mol. The molecule has 0 heterocycles. The number of nitrogens with zero attached hydrogens (tertiary/aromatic N) is 1. The SMILES string of the molecule is N#Cc1cc(C(F)(F)F)ccc1CC(=O)c1cc(NC(=O)C2C(c3cc(Cl)cc(Cl)c3)C2(Cl)Cl)ccc1Cl. The molecular weight excluding hydrogens is 607 g/mol. The molecule has 4 rings (SSSR count). The van der Waals surface area contributed by atoms with E-state index in [9.17, 15) is 28.0 Å². The Bertz CT molecular complexity index is 1480. The number of Topliss-reactive ketones (excluding diaryl/α,β-unsaturated/α-hetero) is 1. The molecule has 12 heteroatoms. The normalized spacial score (nSPS) is 18.0. The molecule has 0 aliphatic heterocycles. The first-order chi connectivity index (χ1) is 17.7. The highest BCUT2D eigenvalue weighted by Gasteiger charge is 2.67. The molecule has 1 N–H and O–H groups in total.